The smallest absolute Gasteiger partial charge is 0.355 e. The van der Waals surface area contributed by atoms with E-state index in [4.69, 9.17) is 9.52 Å². The lowest BCUT2D eigenvalue weighted by molar-refractivity contribution is 0.0691. The molecule has 0 saturated carbocycles. The van der Waals surface area contributed by atoms with E-state index in [1.807, 2.05) is 0 Å². The molecule has 3 N–H and O–H groups in total. The van der Waals surface area contributed by atoms with Gasteiger partial charge in [-0.3, -0.25) is 0 Å². The number of thiazole rings is 1. The van der Waals surface area contributed by atoms with Gasteiger partial charge in [-0.25, -0.2) is 14.6 Å². The first-order chi connectivity index (χ1) is 9.56. The average Bonchev–Trinajstić information content (AvgIpc) is 3.07. The van der Waals surface area contributed by atoms with Crippen molar-refractivity contribution in [3.05, 3.63) is 40.2 Å². The van der Waals surface area contributed by atoms with Crippen LogP contribution in [0.2, 0.25) is 0 Å². The molecule has 0 aliphatic carbocycles. The van der Waals surface area contributed by atoms with Crippen LogP contribution < -0.4 is 10.6 Å². The van der Waals surface area contributed by atoms with E-state index in [0.29, 0.717) is 10.8 Å². The summed E-state index contributed by atoms with van der Waals surface area (Å²) in [5.41, 5.74) is -0.0174. The second kappa shape index (κ2) is 6.20. The molecule has 0 aliphatic rings. The monoisotopic (exact) mass is 295 g/mol. The van der Waals surface area contributed by atoms with E-state index in [2.05, 4.69) is 15.6 Å². The fraction of sp³-hybridized carbons (Fsp3) is 0.250. The van der Waals surface area contributed by atoms with Crippen LogP contribution >= 0.6 is 11.3 Å². The lowest BCUT2D eigenvalue weighted by atomic mass is 10.2. The van der Waals surface area contributed by atoms with E-state index in [1.54, 1.807) is 19.1 Å². The van der Waals surface area contributed by atoms with E-state index in [1.165, 1.54) is 23.0 Å². The Balaban J connectivity index is 1.81. The molecule has 2 heterocycles. The van der Waals surface area contributed by atoms with Crippen molar-refractivity contribution in [2.75, 3.05) is 0 Å². The number of carbonyl (C=O) groups is 2. The van der Waals surface area contributed by atoms with E-state index >= 15 is 0 Å². The van der Waals surface area contributed by atoms with Crippen molar-refractivity contribution in [3.8, 4) is 0 Å². The molecule has 106 valence electrons. The zero-order valence-corrected chi connectivity index (χ0v) is 11.4. The van der Waals surface area contributed by atoms with Gasteiger partial charge in [-0.2, -0.15) is 0 Å². The summed E-state index contributed by atoms with van der Waals surface area (Å²) in [4.78, 5) is 26.2. The minimum atomic E-state index is -1.08. The van der Waals surface area contributed by atoms with Gasteiger partial charge in [0.1, 0.15) is 10.8 Å². The number of aromatic nitrogens is 1. The Morgan fingerprint density at radius 1 is 1.55 bits per heavy atom. The molecular formula is C12H13N3O4S. The number of carboxylic acids is 1. The summed E-state index contributed by atoms with van der Waals surface area (Å²) >= 11 is 1.18. The molecular weight excluding hydrogens is 282 g/mol. The van der Waals surface area contributed by atoms with E-state index < -0.39 is 5.97 Å². The number of rotatable bonds is 5. The molecule has 2 aromatic rings. The van der Waals surface area contributed by atoms with Gasteiger partial charge in [0.05, 0.1) is 18.8 Å². The van der Waals surface area contributed by atoms with Crippen molar-refractivity contribution in [2.45, 2.75) is 19.5 Å². The maximum Gasteiger partial charge on any atom is 0.355 e. The summed E-state index contributed by atoms with van der Waals surface area (Å²) in [6.45, 7) is 1.97. The minimum absolute atomic E-state index is 0.0174. The quantitative estimate of drug-likeness (QED) is 0.782. The zero-order valence-electron chi connectivity index (χ0n) is 10.6. The molecule has 0 aliphatic heterocycles. The predicted octanol–water partition coefficient (Wildman–Crippen LogP) is 1.99. The zero-order chi connectivity index (χ0) is 14.5. The summed E-state index contributed by atoms with van der Waals surface area (Å²) in [6, 6.07) is 2.89. The van der Waals surface area contributed by atoms with Crippen molar-refractivity contribution in [2.24, 2.45) is 0 Å². The first-order valence-electron chi connectivity index (χ1n) is 5.81. The largest absolute Gasteiger partial charge is 0.476 e. The molecule has 0 saturated heterocycles. The number of furan rings is 1. The summed E-state index contributed by atoms with van der Waals surface area (Å²) in [6.07, 6.45) is 1.54. The third-order valence-electron chi connectivity index (χ3n) is 2.49. The van der Waals surface area contributed by atoms with Crippen molar-refractivity contribution in [3.63, 3.8) is 0 Å². The summed E-state index contributed by atoms with van der Waals surface area (Å²) in [5.74, 6) is -0.425. The second-order valence-electron chi connectivity index (χ2n) is 4.00. The number of urea groups is 1. The Hall–Kier alpha value is -2.35. The number of amides is 2. The Morgan fingerprint density at radius 3 is 2.95 bits per heavy atom. The first kappa shape index (κ1) is 14.1. The summed E-state index contributed by atoms with van der Waals surface area (Å²) in [5, 5.41) is 16.0. The molecule has 0 radical (unpaired) electrons. The number of aromatic carboxylic acids is 1. The van der Waals surface area contributed by atoms with Crippen LogP contribution in [0.1, 0.15) is 34.2 Å². The third-order valence-corrected chi connectivity index (χ3v) is 3.34. The summed E-state index contributed by atoms with van der Waals surface area (Å²) in [7, 11) is 0. The number of hydrogen-bond acceptors (Lipinski definition) is 5. The number of carboxylic acid groups (broad SMARTS) is 1. The Kier molecular flexibility index (Phi) is 4.36. The fourth-order valence-corrected chi connectivity index (χ4v) is 2.21. The highest BCUT2D eigenvalue weighted by Crippen LogP contribution is 2.12. The standard InChI is InChI=1S/C12H13N3O4S/c1-7(9-3-2-4-19-9)14-12(18)13-5-10-15-8(6-20-10)11(16)17/h2-4,6-7H,5H2,1H3,(H,16,17)(H2,13,14,18). The maximum atomic E-state index is 11.7. The van der Waals surface area contributed by atoms with Crippen LogP contribution in [0.15, 0.2) is 28.2 Å². The van der Waals surface area contributed by atoms with Gasteiger partial charge in [0, 0.05) is 5.38 Å². The van der Waals surface area contributed by atoms with Crippen LogP contribution in [0.4, 0.5) is 4.79 Å². The lowest BCUT2D eigenvalue weighted by Crippen LogP contribution is -2.36. The van der Waals surface area contributed by atoms with Gasteiger partial charge in [-0.05, 0) is 19.1 Å². The molecule has 2 aromatic heterocycles. The van der Waals surface area contributed by atoms with E-state index in [-0.39, 0.29) is 24.3 Å². The number of hydrogen-bond donors (Lipinski definition) is 3. The fourth-order valence-electron chi connectivity index (χ4n) is 1.50. The van der Waals surface area contributed by atoms with Gasteiger partial charge in [-0.15, -0.1) is 11.3 Å². The average molecular weight is 295 g/mol. The van der Waals surface area contributed by atoms with Crippen LogP contribution in [0, 0.1) is 0 Å². The molecule has 7 nitrogen and oxygen atoms in total. The SMILES string of the molecule is CC(NC(=O)NCc1nc(C(=O)O)cs1)c1ccco1. The van der Waals surface area contributed by atoms with Gasteiger partial charge in [0.25, 0.3) is 0 Å². The van der Waals surface area contributed by atoms with Crippen LogP contribution in [0.5, 0.6) is 0 Å². The van der Waals surface area contributed by atoms with Crippen LogP contribution in [-0.4, -0.2) is 22.1 Å². The normalized spacial score (nSPS) is 11.8. The van der Waals surface area contributed by atoms with Crippen molar-refractivity contribution < 1.29 is 19.1 Å². The Morgan fingerprint density at radius 2 is 2.35 bits per heavy atom. The maximum absolute atomic E-state index is 11.7. The Bertz CT molecular complexity index is 594. The second-order valence-corrected chi connectivity index (χ2v) is 4.94. The molecule has 8 heteroatoms. The minimum Gasteiger partial charge on any atom is -0.476 e. The lowest BCUT2D eigenvalue weighted by Gasteiger charge is -2.11. The van der Waals surface area contributed by atoms with Gasteiger partial charge in [-0.1, -0.05) is 0 Å². The molecule has 1 unspecified atom stereocenters. The van der Waals surface area contributed by atoms with E-state index in [9.17, 15) is 9.59 Å². The molecule has 1 atom stereocenters. The Labute approximate surface area is 118 Å². The van der Waals surface area contributed by atoms with Gasteiger partial charge in [0.2, 0.25) is 0 Å². The highest BCUT2D eigenvalue weighted by Gasteiger charge is 2.13. The van der Waals surface area contributed by atoms with Crippen molar-refractivity contribution in [1.82, 2.24) is 15.6 Å². The summed E-state index contributed by atoms with van der Waals surface area (Å²) < 4.78 is 5.17. The van der Waals surface area contributed by atoms with Gasteiger partial charge >= 0.3 is 12.0 Å². The molecule has 2 amide bonds. The number of nitrogens with zero attached hydrogens (tertiary/aromatic N) is 1. The first-order valence-corrected chi connectivity index (χ1v) is 6.69. The molecule has 2 rings (SSSR count). The van der Waals surface area contributed by atoms with Crippen LogP contribution in [0.25, 0.3) is 0 Å². The number of nitrogens with one attached hydrogen (secondary N) is 2. The molecule has 0 spiro atoms. The van der Waals surface area contributed by atoms with Crippen molar-refractivity contribution >= 4 is 23.3 Å². The van der Waals surface area contributed by atoms with Crippen molar-refractivity contribution in [1.29, 1.82) is 0 Å². The van der Waals surface area contributed by atoms with Gasteiger partial charge < -0.3 is 20.2 Å². The number of carbonyl (C=O) groups excluding carboxylic acids is 1. The molecule has 0 bridgehead atoms. The highest BCUT2D eigenvalue weighted by atomic mass is 32.1. The van der Waals surface area contributed by atoms with E-state index in [0.717, 1.165) is 0 Å². The van der Waals surface area contributed by atoms with Gasteiger partial charge in [0.15, 0.2) is 5.69 Å². The van der Waals surface area contributed by atoms with Crippen LogP contribution in [-0.2, 0) is 6.54 Å². The molecule has 20 heavy (non-hydrogen) atoms. The molecule has 0 aromatic carbocycles. The topological polar surface area (TPSA) is 104 Å². The third kappa shape index (κ3) is 3.58. The molecule has 0 fully saturated rings. The predicted molar refractivity (Wildman–Crippen MR) is 71.6 cm³/mol. The van der Waals surface area contributed by atoms with Crippen LogP contribution in [0.3, 0.4) is 0 Å². The highest BCUT2D eigenvalue weighted by molar-refractivity contribution is 7.09.